The van der Waals surface area contributed by atoms with Crippen molar-refractivity contribution >= 4 is 23.2 Å². The number of oxazole rings is 1. The highest BCUT2D eigenvalue weighted by Crippen LogP contribution is 2.29. The van der Waals surface area contributed by atoms with Gasteiger partial charge in [0.1, 0.15) is 12.1 Å². The minimum absolute atomic E-state index is 0.370. The van der Waals surface area contributed by atoms with Gasteiger partial charge in [-0.3, -0.25) is 14.6 Å². The van der Waals surface area contributed by atoms with Crippen LogP contribution in [0.25, 0.3) is 11.1 Å². The van der Waals surface area contributed by atoms with E-state index >= 15 is 0 Å². The Morgan fingerprint density at radius 1 is 1.33 bits per heavy atom. The van der Waals surface area contributed by atoms with Crippen LogP contribution in [-0.4, -0.2) is 17.1 Å². The van der Waals surface area contributed by atoms with Crippen molar-refractivity contribution in [1.29, 1.82) is 0 Å². The number of nitrogens with one attached hydrogen (secondary N) is 1. The van der Waals surface area contributed by atoms with E-state index in [0.29, 0.717) is 28.4 Å². The van der Waals surface area contributed by atoms with Crippen LogP contribution in [0, 0.1) is 12.8 Å². The average molecular weight is 291 g/mol. The second kappa shape index (κ2) is 7.57. The van der Waals surface area contributed by atoms with E-state index in [2.05, 4.69) is 4.98 Å². The number of aromatic nitrogens is 1. The van der Waals surface area contributed by atoms with Crippen LogP contribution in [0.15, 0.2) is 21.3 Å². The molecule has 1 fully saturated rings. The molecule has 0 spiro atoms. The molecule has 21 heavy (non-hydrogen) atoms. The average Bonchev–Trinajstić information content (AvgIpc) is 3.24. The highest BCUT2D eigenvalue weighted by molar-refractivity contribution is 5.85. The highest BCUT2D eigenvalue weighted by Gasteiger charge is 2.25. The maximum Gasteiger partial charge on any atom is 0.417 e. The molecule has 1 aromatic carbocycles. The van der Waals surface area contributed by atoms with Crippen molar-refractivity contribution in [2.24, 2.45) is 5.92 Å². The Balaban J connectivity index is 0.000000231. The summed E-state index contributed by atoms with van der Waals surface area (Å²) in [5.41, 5.74) is 2.40. The molecule has 0 radical (unpaired) electrons. The van der Waals surface area contributed by atoms with Crippen molar-refractivity contribution < 1.29 is 14.0 Å². The number of hydrogen-bond donors (Lipinski definition) is 1. The topological polar surface area (TPSA) is 80.1 Å². The number of aromatic amines is 1. The lowest BCUT2D eigenvalue weighted by atomic mass is 10.1. The lowest BCUT2D eigenvalue weighted by molar-refractivity contribution is -0.118. The Labute approximate surface area is 123 Å². The molecular formula is C16H21NO4. The molecule has 1 aliphatic rings. The molecule has 0 amide bonds. The molecule has 1 aliphatic carbocycles. The summed E-state index contributed by atoms with van der Waals surface area (Å²) in [5.74, 6) is 0.334. The predicted octanol–water partition coefficient (Wildman–Crippen LogP) is 3.25. The summed E-state index contributed by atoms with van der Waals surface area (Å²) >= 11 is 0. The molecule has 5 heteroatoms. The van der Waals surface area contributed by atoms with Gasteiger partial charge in [0.25, 0.3) is 0 Å². The minimum atomic E-state index is -0.499. The number of hydrogen-bond acceptors (Lipinski definition) is 4. The number of aryl methyl sites for hydroxylation is 1. The highest BCUT2D eigenvalue weighted by atomic mass is 16.4. The summed E-state index contributed by atoms with van der Waals surface area (Å²) in [4.78, 5) is 34.1. The van der Waals surface area contributed by atoms with Gasteiger partial charge in [0.2, 0.25) is 0 Å². The van der Waals surface area contributed by atoms with Crippen molar-refractivity contribution in [2.45, 2.75) is 40.5 Å². The van der Waals surface area contributed by atoms with Gasteiger partial charge in [-0.25, -0.2) is 4.79 Å². The Kier molecular flexibility index (Phi) is 6.09. The molecule has 114 valence electrons. The summed E-state index contributed by atoms with van der Waals surface area (Å²) in [7, 11) is 0. The SMILES string of the molecule is CC.CC(=O)C1CC1.Cc1cc(C=O)cc2oc(=O)[nH]c12. The van der Waals surface area contributed by atoms with Gasteiger partial charge in [0.15, 0.2) is 5.58 Å². The van der Waals surface area contributed by atoms with E-state index in [1.807, 2.05) is 13.8 Å². The van der Waals surface area contributed by atoms with Gasteiger partial charge in [-0.1, -0.05) is 13.8 Å². The fourth-order valence-electron chi connectivity index (χ4n) is 1.81. The molecule has 0 atom stereocenters. The number of carbonyl (C=O) groups excluding carboxylic acids is 2. The minimum Gasteiger partial charge on any atom is -0.408 e. The quantitative estimate of drug-likeness (QED) is 0.861. The van der Waals surface area contributed by atoms with Crippen LogP contribution in [0.5, 0.6) is 0 Å². The molecule has 1 saturated carbocycles. The van der Waals surface area contributed by atoms with Crippen LogP contribution >= 0.6 is 0 Å². The number of carbonyl (C=O) groups is 2. The third-order valence-electron chi connectivity index (χ3n) is 3.04. The molecule has 0 saturated heterocycles. The number of fused-ring (bicyclic) bond motifs is 1. The third-order valence-corrected chi connectivity index (χ3v) is 3.04. The lowest BCUT2D eigenvalue weighted by Crippen LogP contribution is -1.93. The first kappa shape index (κ1) is 16.9. The molecule has 0 bridgehead atoms. The van der Waals surface area contributed by atoms with Crippen molar-refractivity contribution in [2.75, 3.05) is 0 Å². The maximum absolute atomic E-state index is 10.8. The first-order valence-corrected chi connectivity index (χ1v) is 7.10. The van der Waals surface area contributed by atoms with E-state index in [4.69, 9.17) is 4.42 Å². The second-order valence-electron chi connectivity index (χ2n) is 4.73. The van der Waals surface area contributed by atoms with Crippen LogP contribution in [-0.2, 0) is 4.79 Å². The summed E-state index contributed by atoms with van der Waals surface area (Å²) in [6.07, 6.45) is 3.02. The normalized spacial score (nSPS) is 12.8. The molecule has 1 heterocycles. The monoisotopic (exact) mass is 291 g/mol. The van der Waals surface area contributed by atoms with Crippen LogP contribution < -0.4 is 5.76 Å². The van der Waals surface area contributed by atoms with Crippen LogP contribution in [0.3, 0.4) is 0 Å². The fourth-order valence-corrected chi connectivity index (χ4v) is 1.81. The first-order chi connectivity index (χ1) is 10.0. The zero-order chi connectivity index (χ0) is 16.0. The van der Waals surface area contributed by atoms with Crippen LogP contribution in [0.4, 0.5) is 0 Å². The van der Waals surface area contributed by atoms with Gasteiger partial charge in [0, 0.05) is 11.5 Å². The lowest BCUT2D eigenvalue weighted by Gasteiger charge is -1.94. The van der Waals surface area contributed by atoms with Crippen molar-refractivity contribution in [3.8, 4) is 0 Å². The van der Waals surface area contributed by atoms with Crippen molar-refractivity contribution in [3.05, 3.63) is 33.8 Å². The van der Waals surface area contributed by atoms with Gasteiger partial charge in [-0.15, -0.1) is 0 Å². The molecule has 1 aromatic heterocycles. The number of ketones is 1. The largest absolute Gasteiger partial charge is 0.417 e. The molecule has 0 aliphatic heterocycles. The number of aldehydes is 1. The van der Waals surface area contributed by atoms with E-state index in [-0.39, 0.29) is 0 Å². The smallest absolute Gasteiger partial charge is 0.408 e. The van der Waals surface area contributed by atoms with Gasteiger partial charge in [-0.05, 0) is 44.4 Å². The van der Waals surface area contributed by atoms with E-state index in [1.165, 1.54) is 6.07 Å². The van der Waals surface area contributed by atoms with Crippen molar-refractivity contribution in [3.63, 3.8) is 0 Å². The molecule has 2 aromatic rings. The summed E-state index contributed by atoms with van der Waals surface area (Å²) in [6, 6.07) is 3.23. The van der Waals surface area contributed by atoms with E-state index < -0.39 is 5.76 Å². The number of H-pyrrole nitrogens is 1. The van der Waals surface area contributed by atoms with Crippen LogP contribution in [0.2, 0.25) is 0 Å². The number of rotatable bonds is 2. The maximum atomic E-state index is 10.8. The van der Waals surface area contributed by atoms with Gasteiger partial charge in [0.05, 0.1) is 5.52 Å². The first-order valence-electron chi connectivity index (χ1n) is 7.10. The van der Waals surface area contributed by atoms with Gasteiger partial charge >= 0.3 is 5.76 Å². The van der Waals surface area contributed by atoms with E-state index in [0.717, 1.165) is 24.7 Å². The summed E-state index contributed by atoms with van der Waals surface area (Å²) < 4.78 is 4.82. The standard InChI is InChI=1S/C9H7NO3.C5H8O.C2H6/c1-5-2-6(4-11)3-7-8(5)10-9(12)13-7;1-4(6)5-2-3-5;1-2/h2-4H,1H3,(H,10,12);5H,2-3H2,1H3;1-2H3. The molecule has 3 rings (SSSR count). The summed E-state index contributed by atoms with van der Waals surface area (Å²) in [6.45, 7) is 7.47. The van der Waals surface area contributed by atoms with Gasteiger partial charge in [-0.2, -0.15) is 0 Å². The summed E-state index contributed by atoms with van der Waals surface area (Å²) in [5, 5.41) is 0. The zero-order valence-electron chi connectivity index (χ0n) is 12.9. The Morgan fingerprint density at radius 3 is 2.38 bits per heavy atom. The molecular weight excluding hydrogens is 270 g/mol. The molecule has 1 N–H and O–H groups in total. The van der Waals surface area contributed by atoms with Crippen LogP contribution in [0.1, 0.15) is 49.5 Å². The van der Waals surface area contributed by atoms with E-state index in [9.17, 15) is 14.4 Å². The molecule has 5 nitrogen and oxygen atoms in total. The third kappa shape index (κ3) is 4.70. The second-order valence-corrected chi connectivity index (χ2v) is 4.73. The number of benzene rings is 1. The fraction of sp³-hybridized carbons (Fsp3) is 0.438. The Hall–Kier alpha value is -2.17. The number of Topliss-reactive ketones (excluding diaryl/α,β-unsaturated/α-hetero) is 1. The van der Waals surface area contributed by atoms with E-state index in [1.54, 1.807) is 19.9 Å². The van der Waals surface area contributed by atoms with Gasteiger partial charge < -0.3 is 4.42 Å². The zero-order valence-corrected chi connectivity index (χ0v) is 12.9. The predicted molar refractivity (Wildman–Crippen MR) is 81.7 cm³/mol. The molecule has 0 unspecified atom stereocenters. The van der Waals surface area contributed by atoms with Crippen molar-refractivity contribution in [1.82, 2.24) is 4.98 Å². The Morgan fingerprint density at radius 2 is 1.95 bits per heavy atom. The Bertz CT molecular complexity index is 677.